The maximum Gasteiger partial charge on any atom is 0.170 e. The van der Waals surface area contributed by atoms with E-state index in [-0.39, 0.29) is 0 Å². The Hall–Kier alpha value is -1.84. The predicted molar refractivity (Wildman–Crippen MR) is 65.7 cm³/mol. The van der Waals surface area contributed by atoms with Crippen LogP contribution in [-0.2, 0) is 6.42 Å². The highest BCUT2D eigenvalue weighted by Gasteiger charge is 2.12. The zero-order valence-corrected chi connectivity index (χ0v) is 10.3. The van der Waals surface area contributed by atoms with Crippen molar-refractivity contribution in [3.05, 3.63) is 29.8 Å². The first-order valence-electron chi connectivity index (χ1n) is 5.66. The van der Waals surface area contributed by atoms with Crippen LogP contribution >= 0.6 is 0 Å². The number of ether oxygens (including phenoxy) is 1. The molecule has 2 rings (SSSR count). The lowest BCUT2D eigenvalue weighted by molar-refractivity contribution is 0.112. The number of nitrogens with zero attached hydrogens (tertiary/aromatic N) is 2. The average Bonchev–Trinajstić information content (AvgIpc) is 2.66. The first kappa shape index (κ1) is 11.6. The van der Waals surface area contributed by atoms with Crippen LogP contribution in [0.2, 0.25) is 0 Å². The van der Waals surface area contributed by atoms with Gasteiger partial charge in [-0.1, -0.05) is 13.8 Å². The van der Waals surface area contributed by atoms with Gasteiger partial charge in [0.1, 0.15) is 17.3 Å². The van der Waals surface area contributed by atoms with Gasteiger partial charge in [-0.2, -0.15) is 0 Å². The molecule has 0 aliphatic carbocycles. The van der Waals surface area contributed by atoms with E-state index in [1.165, 1.54) is 0 Å². The predicted octanol–water partition coefficient (Wildman–Crippen LogP) is 2.35. The number of imidazole rings is 1. The van der Waals surface area contributed by atoms with Gasteiger partial charge in [-0.05, 0) is 18.1 Å². The molecule has 2 heterocycles. The largest absolute Gasteiger partial charge is 0.495 e. The summed E-state index contributed by atoms with van der Waals surface area (Å²) in [6.07, 6.45) is 3.50. The fourth-order valence-corrected chi connectivity index (χ4v) is 1.87. The zero-order chi connectivity index (χ0) is 12.4. The summed E-state index contributed by atoms with van der Waals surface area (Å²) < 4.78 is 7.12. The number of rotatable bonds is 4. The molecule has 17 heavy (non-hydrogen) atoms. The molecular weight excluding hydrogens is 216 g/mol. The minimum Gasteiger partial charge on any atom is -0.495 e. The standard InChI is InChI=1S/C13H16N2O2/c1-9(2)6-13-14-11(8-16)12-5-4-10(17-3)7-15(12)13/h4-5,7-9H,6H2,1-3H3. The molecule has 90 valence electrons. The van der Waals surface area contributed by atoms with Crippen LogP contribution in [0.5, 0.6) is 5.75 Å². The number of hydrogen-bond acceptors (Lipinski definition) is 3. The van der Waals surface area contributed by atoms with Gasteiger partial charge in [0.05, 0.1) is 18.8 Å². The van der Waals surface area contributed by atoms with Gasteiger partial charge >= 0.3 is 0 Å². The van der Waals surface area contributed by atoms with Gasteiger partial charge in [0.15, 0.2) is 6.29 Å². The molecule has 0 aliphatic heterocycles. The molecule has 0 saturated carbocycles. The Balaban J connectivity index is 2.61. The van der Waals surface area contributed by atoms with Crippen molar-refractivity contribution in [2.24, 2.45) is 5.92 Å². The van der Waals surface area contributed by atoms with E-state index in [1.54, 1.807) is 7.11 Å². The topological polar surface area (TPSA) is 43.6 Å². The minimum atomic E-state index is 0.489. The molecule has 4 heteroatoms. The molecule has 0 aromatic carbocycles. The van der Waals surface area contributed by atoms with E-state index in [0.29, 0.717) is 11.6 Å². The maximum absolute atomic E-state index is 11.0. The van der Waals surface area contributed by atoms with Crippen molar-refractivity contribution in [3.8, 4) is 5.75 Å². The molecule has 0 fully saturated rings. The lowest BCUT2D eigenvalue weighted by Crippen LogP contribution is -2.00. The highest BCUT2D eigenvalue weighted by atomic mass is 16.5. The second-order valence-corrected chi connectivity index (χ2v) is 4.45. The summed E-state index contributed by atoms with van der Waals surface area (Å²) >= 11 is 0. The highest BCUT2D eigenvalue weighted by Crippen LogP contribution is 2.19. The minimum absolute atomic E-state index is 0.489. The number of aldehydes is 1. The lowest BCUT2D eigenvalue weighted by Gasteiger charge is -2.05. The van der Waals surface area contributed by atoms with Crippen LogP contribution in [0.3, 0.4) is 0 Å². The SMILES string of the molecule is COc1ccc2c(C=O)nc(CC(C)C)n2c1. The fourth-order valence-electron chi connectivity index (χ4n) is 1.87. The first-order valence-corrected chi connectivity index (χ1v) is 5.66. The van der Waals surface area contributed by atoms with Crippen LogP contribution < -0.4 is 4.74 Å². The van der Waals surface area contributed by atoms with Gasteiger partial charge < -0.3 is 4.74 Å². The normalized spacial score (nSPS) is 11.1. The Morgan fingerprint density at radius 3 is 2.82 bits per heavy atom. The van der Waals surface area contributed by atoms with Gasteiger partial charge in [-0.25, -0.2) is 4.98 Å². The Labute approximate surface area is 100 Å². The number of pyridine rings is 1. The van der Waals surface area contributed by atoms with E-state index in [2.05, 4.69) is 18.8 Å². The van der Waals surface area contributed by atoms with E-state index >= 15 is 0 Å². The Morgan fingerprint density at radius 1 is 1.47 bits per heavy atom. The molecule has 0 spiro atoms. The van der Waals surface area contributed by atoms with Gasteiger partial charge in [0.25, 0.3) is 0 Å². The van der Waals surface area contributed by atoms with Crippen LogP contribution in [0.25, 0.3) is 5.52 Å². The number of carbonyl (C=O) groups is 1. The summed E-state index contributed by atoms with van der Waals surface area (Å²) in [5.41, 5.74) is 1.32. The lowest BCUT2D eigenvalue weighted by atomic mass is 10.1. The molecule has 0 aliphatic rings. The molecular formula is C13H16N2O2. The van der Waals surface area contributed by atoms with Crippen LogP contribution in [-0.4, -0.2) is 22.8 Å². The molecule has 0 unspecified atom stereocenters. The molecule has 0 amide bonds. The summed E-state index contributed by atoms with van der Waals surface area (Å²) in [7, 11) is 1.63. The fraction of sp³-hybridized carbons (Fsp3) is 0.385. The Morgan fingerprint density at radius 2 is 2.24 bits per heavy atom. The van der Waals surface area contributed by atoms with E-state index in [0.717, 1.165) is 29.8 Å². The molecule has 0 saturated heterocycles. The van der Waals surface area contributed by atoms with Crippen molar-refractivity contribution in [1.29, 1.82) is 0 Å². The van der Waals surface area contributed by atoms with Crippen molar-refractivity contribution in [2.75, 3.05) is 7.11 Å². The van der Waals surface area contributed by atoms with Crippen molar-refractivity contribution in [2.45, 2.75) is 20.3 Å². The smallest absolute Gasteiger partial charge is 0.170 e. The summed E-state index contributed by atoms with van der Waals surface area (Å²) in [5, 5.41) is 0. The maximum atomic E-state index is 11.0. The Bertz CT molecular complexity index is 544. The zero-order valence-electron chi connectivity index (χ0n) is 10.3. The molecule has 0 N–H and O–H groups in total. The third kappa shape index (κ3) is 2.16. The number of aromatic nitrogens is 2. The van der Waals surface area contributed by atoms with Crippen LogP contribution in [0.15, 0.2) is 18.3 Å². The van der Waals surface area contributed by atoms with Gasteiger partial charge in [-0.15, -0.1) is 0 Å². The monoisotopic (exact) mass is 232 g/mol. The van der Waals surface area contributed by atoms with E-state index in [4.69, 9.17) is 4.74 Å². The number of fused-ring (bicyclic) bond motifs is 1. The summed E-state index contributed by atoms with van der Waals surface area (Å²) in [6.45, 7) is 4.25. The number of methoxy groups -OCH3 is 1. The second-order valence-electron chi connectivity index (χ2n) is 4.45. The van der Waals surface area contributed by atoms with Gasteiger partial charge in [-0.3, -0.25) is 9.20 Å². The van der Waals surface area contributed by atoms with Crippen molar-refractivity contribution >= 4 is 11.8 Å². The summed E-state index contributed by atoms with van der Waals surface area (Å²) in [5.74, 6) is 2.15. The average molecular weight is 232 g/mol. The van der Waals surface area contributed by atoms with E-state index < -0.39 is 0 Å². The van der Waals surface area contributed by atoms with E-state index in [1.807, 2.05) is 22.7 Å². The first-order chi connectivity index (χ1) is 8.15. The van der Waals surface area contributed by atoms with Crippen LogP contribution in [0, 0.1) is 5.92 Å². The van der Waals surface area contributed by atoms with Crippen molar-refractivity contribution in [3.63, 3.8) is 0 Å². The quantitative estimate of drug-likeness (QED) is 0.760. The van der Waals surface area contributed by atoms with Gasteiger partial charge in [0.2, 0.25) is 0 Å². The molecule has 0 radical (unpaired) electrons. The third-order valence-corrected chi connectivity index (χ3v) is 2.65. The van der Waals surface area contributed by atoms with Crippen molar-refractivity contribution in [1.82, 2.24) is 9.38 Å². The number of carbonyl (C=O) groups excluding carboxylic acids is 1. The molecule has 2 aromatic heterocycles. The Kier molecular flexibility index (Phi) is 3.13. The molecule has 4 nitrogen and oxygen atoms in total. The highest BCUT2D eigenvalue weighted by molar-refractivity contribution is 5.83. The van der Waals surface area contributed by atoms with Gasteiger partial charge in [0, 0.05) is 6.42 Å². The second kappa shape index (κ2) is 4.57. The van der Waals surface area contributed by atoms with E-state index in [9.17, 15) is 4.79 Å². The molecule has 2 aromatic rings. The number of hydrogen-bond donors (Lipinski definition) is 0. The summed E-state index contributed by atoms with van der Waals surface area (Å²) in [4.78, 5) is 15.3. The van der Waals surface area contributed by atoms with Crippen LogP contribution in [0.1, 0.15) is 30.2 Å². The molecule has 0 bridgehead atoms. The molecule has 0 atom stereocenters. The van der Waals surface area contributed by atoms with Crippen molar-refractivity contribution < 1.29 is 9.53 Å². The summed E-state index contributed by atoms with van der Waals surface area (Å²) in [6, 6.07) is 3.70. The third-order valence-electron chi connectivity index (χ3n) is 2.65. The van der Waals surface area contributed by atoms with Crippen LogP contribution in [0.4, 0.5) is 0 Å².